The predicted molar refractivity (Wildman–Crippen MR) is 197 cm³/mol. The highest BCUT2D eigenvalue weighted by atomic mass is 16.4. The van der Waals surface area contributed by atoms with Crippen LogP contribution in [0, 0.1) is 0 Å². The third-order valence-corrected chi connectivity index (χ3v) is 9.15. The Kier molecular flexibility index (Phi) is 15.2. The number of hydrogen-bond donors (Lipinski definition) is 8. The molecule has 0 unspecified atom stereocenters. The lowest BCUT2D eigenvalue weighted by atomic mass is 10.0. The number of likely N-dealkylation sites (tertiary alicyclic amines) is 1. The van der Waals surface area contributed by atoms with Gasteiger partial charge in [-0.2, -0.15) is 0 Å². The molecule has 3 aromatic carbocycles. The fourth-order valence-corrected chi connectivity index (χ4v) is 6.23. The molecule has 15 heteroatoms. The van der Waals surface area contributed by atoms with Crippen molar-refractivity contribution in [3.8, 4) is 0 Å². The monoisotopic (exact) mass is 744 g/mol. The van der Waals surface area contributed by atoms with E-state index < -0.39 is 84.5 Å². The van der Waals surface area contributed by atoms with Gasteiger partial charge in [0.1, 0.15) is 30.2 Å². The fourth-order valence-electron chi connectivity index (χ4n) is 6.23. The maximum absolute atomic E-state index is 13.8. The molecule has 1 aliphatic heterocycles. The van der Waals surface area contributed by atoms with Gasteiger partial charge in [-0.3, -0.25) is 24.0 Å². The Hall–Kier alpha value is -5.64. The van der Waals surface area contributed by atoms with E-state index in [9.17, 15) is 44.1 Å². The molecule has 15 nitrogen and oxygen atoms in total. The van der Waals surface area contributed by atoms with Gasteiger partial charge < -0.3 is 47.2 Å². The molecule has 1 heterocycles. The van der Waals surface area contributed by atoms with Crippen molar-refractivity contribution in [2.75, 3.05) is 13.2 Å². The lowest BCUT2D eigenvalue weighted by Gasteiger charge is -2.30. The maximum atomic E-state index is 13.8. The van der Waals surface area contributed by atoms with Crippen LogP contribution in [0.3, 0.4) is 0 Å². The summed E-state index contributed by atoms with van der Waals surface area (Å²) in [7, 11) is 0. The third kappa shape index (κ3) is 11.7. The average molecular weight is 745 g/mol. The van der Waals surface area contributed by atoms with Crippen molar-refractivity contribution in [2.24, 2.45) is 5.73 Å². The van der Waals surface area contributed by atoms with Crippen LogP contribution in [0.2, 0.25) is 0 Å². The molecular weight excluding hydrogens is 696 g/mol. The molecule has 7 atom stereocenters. The quantitative estimate of drug-likeness (QED) is 0.0825. The van der Waals surface area contributed by atoms with E-state index in [1.165, 1.54) is 11.8 Å². The maximum Gasteiger partial charge on any atom is 0.326 e. The summed E-state index contributed by atoms with van der Waals surface area (Å²) in [4.78, 5) is 80.6. The topological polar surface area (TPSA) is 240 Å². The minimum atomic E-state index is -1.52. The average Bonchev–Trinajstić information content (AvgIpc) is 3.66. The lowest BCUT2D eigenvalue weighted by molar-refractivity contribution is -0.145. The second-order valence-electron chi connectivity index (χ2n) is 13.3. The molecule has 9 N–H and O–H groups in total. The number of benzene rings is 3. The molecule has 1 fully saturated rings. The summed E-state index contributed by atoms with van der Waals surface area (Å²) in [6, 6.07) is 18.7. The second kappa shape index (κ2) is 20.0. The molecular formula is C39H48N6O9. The number of aliphatic hydroxyl groups excluding tert-OH is 2. The zero-order valence-corrected chi connectivity index (χ0v) is 30.0. The molecule has 3 aromatic rings. The summed E-state index contributed by atoms with van der Waals surface area (Å²) >= 11 is 0. The molecule has 1 saturated heterocycles. The van der Waals surface area contributed by atoms with Crippen LogP contribution in [-0.4, -0.2) is 111 Å². The molecule has 1 aliphatic rings. The number of carbonyl (C=O) groups excluding carboxylic acids is 5. The van der Waals surface area contributed by atoms with Crippen molar-refractivity contribution in [3.05, 3.63) is 108 Å². The third-order valence-electron chi connectivity index (χ3n) is 9.15. The van der Waals surface area contributed by atoms with E-state index in [1.807, 2.05) is 6.07 Å². The van der Waals surface area contributed by atoms with Crippen LogP contribution in [0.1, 0.15) is 36.5 Å². The summed E-state index contributed by atoms with van der Waals surface area (Å²) in [6.07, 6.45) is -0.616. The number of amides is 5. The molecule has 0 aromatic heterocycles. The Morgan fingerprint density at radius 2 is 1.20 bits per heavy atom. The number of hydrogen-bond acceptors (Lipinski definition) is 9. The predicted octanol–water partition coefficient (Wildman–Crippen LogP) is -0.570. The minimum absolute atomic E-state index is 0.0204. The Balaban J connectivity index is 1.45. The first-order chi connectivity index (χ1) is 25.9. The molecule has 5 amide bonds. The van der Waals surface area contributed by atoms with Crippen LogP contribution in [0.5, 0.6) is 0 Å². The van der Waals surface area contributed by atoms with E-state index in [1.54, 1.807) is 84.9 Å². The van der Waals surface area contributed by atoms with Gasteiger partial charge in [-0.1, -0.05) is 91.0 Å². The van der Waals surface area contributed by atoms with Crippen molar-refractivity contribution in [1.82, 2.24) is 26.2 Å². The molecule has 54 heavy (non-hydrogen) atoms. The number of nitrogens with one attached hydrogen (secondary N) is 4. The Morgan fingerprint density at radius 1 is 0.704 bits per heavy atom. The summed E-state index contributed by atoms with van der Waals surface area (Å²) in [6.45, 7) is 0.563. The summed E-state index contributed by atoms with van der Waals surface area (Å²) in [5.41, 5.74) is 8.21. The van der Waals surface area contributed by atoms with Gasteiger partial charge in [-0.05, 0) is 42.9 Å². The van der Waals surface area contributed by atoms with Gasteiger partial charge in [0.25, 0.3) is 0 Å². The van der Waals surface area contributed by atoms with E-state index in [-0.39, 0.29) is 32.2 Å². The first-order valence-corrected chi connectivity index (χ1v) is 17.8. The van der Waals surface area contributed by atoms with Gasteiger partial charge in [0, 0.05) is 19.4 Å². The SMILES string of the molecule is C[C@@H](O)[C@H](NC(=O)[C@@H](N)Cc1ccccc1)C(=O)N[C@@H](Cc1ccccc1)C(=O)N[C@@H](CO)C(=O)N1CCC[C@H]1C(=O)N[C@@H](Cc1ccccc1)C(=O)O. The summed E-state index contributed by atoms with van der Waals surface area (Å²) in [5.74, 6) is -5.16. The van der Waals surface area contributed by atoms with Gasteiger partial charge >= 0.3 is 5.97 Å². The van der Waals surface area contributed by atoms with Crippen LogP contribution in [-0.2, 0) is 48.0 Å². The van der Waals surface area contributed by atoms with Crippen molar-refractivity contribution in [2.45, 2.75) is 81.4 Å². The highest BCUT2D eigenvalue weighted by Crippen LogP contribution is 2.19. The number of nitrogens with zero attached hydrogens (tertiary/aromatic N) is 1. The smallest absolute Gasteiger partial charge is 0.326 e. The molecule has 288 valence electrons. The Labute approximate surface area is 313 Å². The molecule has 0 saturated carbocycles. The highest BCUT2D eigenvalue weighted by molar-refractivity contribution is 5.97. The minimum Gasteiger partial charge on any atom is -0.480 e. The van der Waals surface area contributed by atoms with E-state index in [0.29, 0.717) is 17.5 Å². The van der Waals surface area contributed by atoms with E-state index in [0.717, 1.165) is 5.56 Å². The number of carboxylic acid groups (broad SMARTS) is 1. The van der Waals surface area contributed by atoms with Gasteiger partial charge in [0.2, 0.25) is 29.5 Å². The highest BCUT2D eigenvalue weighted by Gasteiger charge is 2.40. The molecule has 0 radical (unpaired) electrons. The second-order valence-corrected chi connectivity index (χ2v) is 13.3. The van der Waals surface area contributed by atoms with Crippen molar-refractivity contribution >= 4 is 35.5 Å². The van der Waals surface area contributed by atoms with Gasteiger partial charge in [-0.15, -0.1) is 0 Å². The zero-order valence-electron chi connectivity index (χ0n) is 30.0. The van der Waals surface area contributed by atoms with Crippen molar-refractivity contribution in [1.29, 1.82) is 0 Å². The number of rotatable bonds is 18. The van der Waals surface area contributed by atoms with Crippen LogP contribution in [0.4, 0.5) is 0 Å². The van der Waals surface area contributed by atoms with Crippen LogP contribution < -0.4 is 27.0 Å². The zero-order chi connectivity index (χ0) is 39.2. The molecule has 0 spiro atoms. The normalized spacial score (nSPS) is 17.2. The van der Waals surface area contributed by atoms with E-state index in [2.05, 4.69) is 21.3 Å². The number of aliphatic hydroxyl groups is 2. The van der Waals surface area contributed by atoms with E-state index in [4.69, 9.17) is 5.73 Å². The number of aliphatic carboxylic acids is 1. The molecule has 0 bridgehead atoms. The standard InChI is InChI=1S/C39H48N6O9/c1-24(47)33(44-34(48)28(40)20-25-12-5-2-6-13-25)37(51)41-29(21-26-14-7-3-8-15-26)35(49)43-31(23-46)38(52)45-19-11-18-32(45)36(50)42-30(39(53)54)22-27-16-9-4-10-17-27/h2-10,12-17,24,28-33,46-47H,11,18-23,40H2,1H3,(H,41,51)(H,42,50)(H,43,49)(H,44,48)(H,53,54)/t24-,28+,29+,30+,31+,32+,33+/m1/s1. The Bertz CT molecular complexity index is 1730. The molecule has 0 aliphatic carbocycles. The summed E-state index contributed by atoms with van der Waals surface area (Å²) < 4.78 is 0. The largest absolute Gasteiger partial charge is 0.480 e. The van der Waals surface area contributed by atoms with Gasteiger partial charge in [-0.25, -0.2) is 4.79 Å². The lowest BCUT2D eigenvalue weighted by Crippen LogP contribution is -2.61. The molecule has 4 rings (SSSR count). The number of nitrogens with two attached hydrogens (primary N) is 1. The van der Waals surface area contributed by atoms with Crippen LogP contribution >= 0.6 is 0 Å². The number of carbonyl (C=O) groups is 6. The summed E-state index contributed by atoms with van der Waals surface area (Å²) in [5, 5.41) is 40.6. The Morgan fingerprint density at radius 3 is 1.70 bits per heavy atom. The first kappa shape index (κ1) is 41.1. The van der Waals surface area contributed by atoms with E-state index >= 15 is 0 Å². The van der Waals surface area contributed by atoms with Crippen molar-refractivity contribution < 1.29 is 44.1 Å². The van der Waals surface area contributed by atoms with Crippen LogP contribution in [0.15, 0.2) is 91.0 Å². The van der Waals surface area contributed by atoms with Crippen molar-refractivity contribution in [3.63, 3.8) is 0 Å². The number of carboxylic acids is 1. The first-order valence-electron chi connectivity index (χ1n) is 17.8. The van der Waals surface area contributed by atoms with Crippen LogP contribution in [0.25, 0.3) is 0 Å². The van der Waals surface area contributed by atoms with Gasteiger partial charge in [0.05, 0.1) is 18.8 Å². The fraction of sp³-hybridized carbons (Fsp3) is 0.385. The van der Waals surface area contributed by atoms with Gasteiger partial charge in [0.15, 0.2) is 0 Å².